The third kappa shape index (κ3) is 2.51. The summed E-state index contributed by atoms with van der Waals surface area (Å²) in [5, 5.41) is 6.99. The van der Waals surface area contributed by atoms with E-state index in [9.17, 15) is 0 Å². The second-order valence-electron chi connectivity index (χ2n) is 4.35. The van der Waals surface area contributed by atoms with E-state index in [4.69, 9.17) is 0 Å². The molecule has 82 valence electrons. The summed E-state index contributed by atoms with van der Waals surface area (Å²) in [4.78, 5) is 0. The Morgan fingerprint density at radius 2 is 2.33 bits per heavy atom. The summed E-state index contributed by atoms with van der Waals surface area (Å²) in [5.41, 5.74) is 4.16. The highest BCUT2D eigenvalue weighted by atomic mass is 15.0. The minimum absolute atomic E-state index is 0.597. The molecule has 1 heterocycles. The average molecular weight is 204 g/mol. The molecule has 1 atom stereocenters. The van der Waals surface area contributed by atoms with E-state index in [-0.39, 0.29) is 0 Å². The Morgan fingerprint density at radius 1 is 1.47 bits per heavy atom. The van der Waals surface area contributed by atoms with Crippen LogP contribution in [-0.2, 0) is 6.42 Å². The first kappa shape index (κ1) is 10.5. The average Bonchev–Trinajstić information content (AvgIpc) is 2.26. The number of hydrogen-bond donors (Lipinski definition) is 2. The van der Waals surface area contributed by atoms with Crippen LogP contribution in [0, 0.1) is 6.92 Å². The molecule has 1 unspecified atom stereocenters. The number of aryl methyl sites for hydroxylation is 2. The van der Waals surface area contributed by atoms with Crippen molar-refractivity contribution in [3.05, 3.63) is 29.3 Å². The van der Waals surface area contributed by atoms with E-state index < -0.39 is 0 Å². The zero-order chi connectivity index (χ0) is 10.7. The summed E-state index contributed by atoms with van der Waals surface area (Å²) in [5.74, 6) is 0. The summed E-state index contributed by atoms with van der Waals surface area (Å²) >= 11 is 0. The molecule has 0 saturated heterocycles. The fourth-order valence-electron chi connectivity index (χ4n) is 2.16. The summed E-state index contributed by atoms with van der Waals surface area (Å²) in [6.07, 6.45) is 2.45. The van der Waals surface area contributed by atoms with E-state index in [0.717, 1.165) is 13.1 Å². The topological polar surface area (TPSA) is 24.1 Å². The maximum atomic E-state index is 3.60. The van der Waals surface area contributed by atoms with Crippen molar-refractivity contribution >= 4 is 5.69 Å². The van der Waals surface area contributed by atoms with Gasteiger partial charge in [-0.2, -0.15) is 0 Å². The molecule has 2 rings (SSSR count). The van der Waals surface area contributed by atoms with Crippen molar-refractivity contribution in [2.24, 2.45) is 0 Å². The molecule has 0 bridgehead atoms. The lowest BCUT2D eigenvalue weighted by molar-refractivity contribution is 0.570. The third-order valence-electron chi connectivity index (χ3n) is 3.02. The number of rotatable bonds is 3. The molecule has 1 aromatic carbocycles. The van der Waals surface area contributed by atoms with Crippen molar-refractivity contribution in [3.63, 3.8) is 0 Å². The van der Waals surface area contributed by atoms with Crippen molar-refractivity contribution in [2.75, 3.05) is 18.4 Å². The second-order valence-corrected chi connectivity index (χ2v) is 4.35. The molecule has 0 fully saturated rings. The van der Waals surface area contributed by atoms with Gasteiger partial charge in [0.25, 0.3) is 0 Å². The third-order valence-corrected chi connectivity index (χ3v) is 3.02. The van der Waals surface area contributed by atoms with Crippen molar-refractivity contribution in [3.8, 4) is 0 Å². The molecule has 0 aromatic heterocycles. The van der Waals surface area contributed by atoms with Gasteiger partial charge in [0.2, 0.25) is 0 Å². The van der Waals surface area contributed by atoms with Crippen LogP contribution in [0.3, 0.4) is 0 Å². The van der Waals surface area contributed by atoms with Crippen molar-refractivity contribution in [1.29, 1.82) is 0 Å². The predicted molar refractivity (Wildman–Crippen MR) is 65.5 cm³/mol. The van der Waals surface area contributed by atoms with Gasteiger partial charge in [-0.1, -0.05) is 24.6 Å². The highest BCUT2D eigenvalue weighted by molar-refractivity contribution is 5.55. The van der Waals surface area contributed by atoms with Crippen LogP contribution in [0.15, 0.2) is 18.2 Å². The molecule has 0 radical (unpaired) electrons. The van der Waals surface area contributed by atoms with Crippen molar-refractivity contribution in [1.82, 2.24) is 5.32 Å². The Morgan fingerprint density at radius 3 is 3.13 bits per heavy atom. The molecular weight excluding hydrogens is 184 g/mol. The molecule has 2 nitrogen and oxygen atoms in total. The fraction of sp³-hybridized carbons (Fsp3) is 0.538. The highest BCUT2D eigenvalue weighted by Crippen LogP contribution is 2.25. The lowest BCUT2D eigenvalue weighted by atomic mass is 9.96. The fourth-order valence-corrected chi connectivity index (χ4v) is 2.16. The summed E-state index contributed by atoms with van der Waals surface area (Å²) < 4.78 is 0. The van der Waals surface area contributed by atoms with Crippen LogP contribution in [0.2, 0.25) is 0 Å². The van der Waals surface area contributed by atoms with E-state index in [1.807, 2.05) is 0 Å². The molecule has 1 aliphatic heterocycles. The van der Waals surface area contributed by atoms with Crippen LogP contribution in [0.4, 0.5) is 5.69 Å². The Kier molecular flexibility index (Phi) is 3.27. The SMILES string of the molecule is CCNCC1CCc2cc(C)ccc2N1. The van der Waals surface area contributed by atoms with E-state index in [1.165, 1.54) is 29.7 Å². The van der Waals surface area contributed by atoms with Crippen LogP contribution in [0.1, 0.15) is 24.5 Å². The lowest BCUT2D eigenvalue weighted by Crippen LogP contribution is -2.35. The maximum absolute atomic E-state index is 3.60. The summed E-state index contributed by atoms with van der Waals surface area (Å²) in [6, 6.07) is 7.29. The normalized spacial score (nSPS) is 19.5. The number of likely N-dealkylation sites (N-methyl/N-ethyl adjacent to an activating group) is 1. The predicted octanol–water partition coefficient (Wildman–Crippen LogP) is 2.33. The minimum atomic E-state index is 0.597. The standard InChI is InChI=1S/C13H20N2/c1-3-14-9-12-6-5-11-8-10(2)4-7-13(11)15-12/h4,7-8,12,14-15H,3,5-6,9H2,1-2H3. The monoisotopic (exact) mass is 204 g/mol. The zero-order valence-electron chi connectivity index (χ0n) is 9.64. The van der Waals surface area contributed by atoms with Gasteiger partial charge >= 0.3 is 0 Å². The largest absolute Gasteiger partial charge is 0.381 e. The minimum Gasteiger partial charge on any atom is -0.381 e. The van der Waals surface area contributed by atoms with Crippen LogP contribution in [0.5, 0.6) is 0 Å². The van der Waals surface area contributed by atoms with Gasteiger partial charge in [-0.15, -0.1) is 0 Å². The smallest absolute Gasteiger partial charge is 0.0389 e. The van der Waals surface area contributed by atoms with E-state index in [0.29, 0.717) is 6.04 Å². The molecule has 15 heavy (non-hydrogen) atoms. The van der Waals surface area contributed by atoms with Crippen LogP contribution in [0.25, 0.3) is 0 Å². The number of hydrogen-bond acceptors (Lipinski definition) is 2. The molecule has 0 spiro atoms. The van der Waals surface area contributed by atoms with E-state index in [2.05, 4.69) is 42.7 Å². The van der Waals surface area contributed by atoms with E-state index in [1.54, 1.807) is 0 Å². The maximum Gasteiger partial charge on any atom is 0.0389 e. The number of anilines is 1. The molecule has 0 saturated carbocycles. The van der Waals surface area contributed by atoms with Crippen LogP contribution >= 0.6 is 0 Å². The van der Waals surface area contributed by atoms with Gasteiger partial charge in [0.05, 0.1) is 0 Å². The van der Waals surface area contributed by atoms with Gasteiger partial charge in [-0.05, 0) is 37.9 Å². The van der Waals surface area contributed by atoms with E-state index >= 15 is 0 Å². The molecule has 0 amide bonds. The van der Waals surface area contributed by atoms with Gasteiger partial charge < -0.3 is 10.6 Å². The van der Waals surface area contributed by atoms with Gasteiger partial charge in [-0.3, -0.25) is 0 Å². The van der Waals surface area contributed by atoms with Gasteiger partial charge in [-0.25, -0.2) is 0 Å². The Labute approximate surface area is 92.1 Å². The Bertz CT molecular complexity index is 333. The first-order valence-corrected chi connectivity index (χ1v) is 5.86. The second kappa shape index (κ2) is 4.67. The summed E-state index contributed by atoms with van der Waals surface area (Å²) in [7, 11) is 0. The molecular formula is C13H20N2. The van der Waals surface area contributed by atoms with Crippen LogP contribution in [-0.4, -0.2) is 19.1 Å². The van der Waals surface area contributed by atoms with Crippen molar-refractivity contribution < 1.29 is 0 Å². The highest BCUT2D eigenvalue weighted by Gasteiger charge is 2.16. The van der Waals surface area contributed by atoms with Gasteiger partial charge in [0.1, 0.15) is 0 Å². The van der Waals surface area contributed by atoms with Crippen molar-refractivity contribution in [2.45, 2.75) is 32.7 Å². The quantitative estimate of drug-likeness (QED) is 0.789. The zero-order valence-corrected chi connectivity index (χ0v) is 9.64. The van der Waals surface area contributed by atoms with Crippen LogP contribution < -0.4 is 10.6 Å². The molecule has 2 N–H and O–H groups in total. The van der Waals surface area contributed by atoms with Gasteiger partial charge in [0.15, 0.2) is 0 Å². The lowest BCUT2D eigenvalue weighted by Gasteiger charge is -2.27. The number of fused-ring (bicyclic) bond motifs is 1. The first-order valence-electron chi connectivity index (χ1n) is 5.86. The first-order chi connectivity index (χ1) is 7.29. The van der Waals surface area contributed by atoms with Gasteiger partial charge in [0, 0.05) is 18.3 Å². The molecule has 0 aliphatic carbocycles. The Hall–Kier alpha value is -1.02. The molecule has 1 aromatic rings. The summed E-state index contributed by atoms with van der Waals surface area (Å²) in [6.45, 7) is 6.44. The molecule has 1 aliphatic rings. The number of nitrogens with one attached hydrogen (secondary N) is 2. The molecule has 2 heteroatoms. The Balaban J connectivity index is 2.03. The number of benzene rings is 1.